The molecule has 0 aliphatic carbocycles. The number of urea groups is 1. The van der Waals surface area contributed by atoms with Crippen LogP contribution in [0.2, 0.25) is 0 Å². The number of methoxy groups -OCH3 is 3. The summed E-state index contributed by atoms with van der Waals surface area (Å²) in [6.45, 7) is 3.28. The highest BCUT2D eigenvalue weighted by Crippen LogP contribution is 2.35. The second-order valence-corrected chi connectivity index (χ2v) is 9.98. The Balaban J connectivity index is 1.67. The van der Waals surface area contributed by atoms with Crippen LogP contribution in [0.5, 0.6) is 23.0 Å². The van der Waals surface area contributed by atoms with Crippen LogP contribution in [0.15, 0.2) is 46.7 Å². The molecule has 3 rings (SSSR count). The Kier molecular flexibility index (Phi) is 12.2. The van der Waals surface area contributed by atoms with Gasteiger partial charge in [-0.15, -0.1) is 0 Å². The van der Waals surface area contributed by atoms with Gasteiger partial charge in [0.05, 0.1) is 49.3 Å². The predicted octanol–water partition coefficient (Wildman–Crippen LogP) is 2.37. The minimum absolute atomic E-state index is 0.186. The second-order valence-electron chi connectivity index (χ2n) is 8.81. The summed E-state index contributed by atoms with van der Waals surface area (Å²) in [6.07, 6.45) is 0.286. The summed E-state index contributed by atoms with van der Waals surface area (Å²) in [5.41, 5.74) is 4.43. The molecule has 232 valence electrons. The number of allylic oxidation sites excluding steroid dienone is 1. The lowest BCUT2D eigenvalue weighted by Gasteiger charge is -2.28. The van der Waals surface area contributed by atoms with Crippen molar-refractivity contribution in [2.45, 2.75) is 26.1 Å². The minimum Gasteiger partial charge on any atom is -0.493 e. The van der Waals surface area contributed by atoms with E-state index in [1.165, 1.54) is 27.5 Å². The summed E-state index contributed by atoms with van der Waals surface area (Å²) in [5.74, 6) is 0.349. The predicted molar refractivity (Wildman–Crippen MR) is 162 cm³/mol. The average molecular weight is 712 g/mol. The number of hydrazone groups is 1. The number of amides is 2. The number of aliphatic hydroxyl groups is 1. The lowest BCUT2D eigenvalue weighted by atomic mass is 9.95. The SMILES string of the molecule is CCOc1cc([C@@H]2NC(=O)NC(C)=C2C(=O)OC)ccc1OC[C@H](O)N/N=C\c1cc(I)c(OCC(=O)OC)c(OC)c1. The molecule has 14 nitrogen and oxygen atoms in total. The highest BCUT2D eigenvalue weighted by molar-refractivity contribution is 14.1. The zero-order chi connectivity index (χ0) is 31.5. The van der Waals surface area contributed by atoms with Crippen molar-refractivity contribution < 1.29 is 47.9 Å². The maximum atomic E-state index is 12.4. The molecule has 2 atom stereocenters. The third-order valence-electron chi connectivity index (χ3n) is 5.92. The Morgan fingerprint density at radius 1 is 1.09 bits per heavy atom. The first kappa shape index (κ1) is 33.3. The first-order valence-electron chi connectivity index (χ1n) is 12.9. The van der Waals surface area contributed by atoms with Gasteiger partial charge in [-0.05, 0) is 71.8 Å². The lowest BCUT2D eigenvalue weighted by molar-refractivity contribution is -0.143. The third-order valence-corrected chi connectivity index (χ3v) is 6.72. The van der Waals surface area contributed by atoms with E-state index < -0.39 is 30.2 Å². The maximum Gasteiger partial charge on any atom is 0.343 e. The van der Waals surface area contributed by atoms with E-state index in [9.17, 15) is 19.5 Å². The van der Waals surface area contributed by atoms with Crippen molar-refractivity contribution in [2.24, 2.45) is 5.10 Å². The Morgan fingerprint density at radius 3 is 2.53 bits per heavy atom. The molecule has 4 N–H and O–H groups in total. The van der Waals surface area contributed by atoms with Crippen molar-refractivity contribution in [3.8, 4) is 23.0 Å². The molecular formula is C28H33IN4O10. The Morgan fingerprint density at radius 2 is 1.86 bits per heavy atom. The van der Waals surface area contributed by atoms with E-state index in [-0.39, 0.29) is 18.8 Å². The van der Waals surface area contributed by atoms with Crippen LogP contribution >= 0.6 is 22.6 Å². The van der Waals surface area contributed by atoms with E-state index in [0.29, 0.717) is 50.0 Å². The van der Waals surface area contributed by atoms with E-state index in [1.807, 2.05) is 22.6 Å². The normalized spacial score (nSPS) is 15.2. The third kappa shape index (κ3) is 8.87. The van der Waals surface area contributed by atoms with Gasteiger partial charge in [0, 0.05) is 5.70 Å². The van der Waals surface area contributed by atoms with Crippen molar-refractivity contribution in [3.63, 3.8) is 0 Å². The van der Waals surface area contributed by atoms with Gasteiger partial charge in [0.1, 0.15) is 6.61 Å². The van der Waals surface area contributed by atoms with Crippen LogP contribution in [0.4, 0.5) is 4.79 Å². The van der Waals surface area contributed by atoms with Gasteiger partial charge in [-0.3, -0.25) is 5.43 Å². The first-order chi connectivity index (χ1) is 20.6. The molecule has 15 heteroatoms. The molecule has 43 heavy (non-hydrogen) atoms. The number of rotatable bonds is 14. The summed E-state index contributed by atoms with van der Waals surface area (Å²) in [7, 11) is 4.01. The number of halogens is 1. The van der Waals surface area contributed by atoms with Crippen LogP contribution in [-0.2, 0) is 19.1 Å². The van der Waals surface area contributed by atoms with Gasteiger partial charge in [0.15, 0.2) is 35.8 Å². The molecule has 1 aliphatic rings. The molecule has 2 aromatic carbocycles. The Bertz CT molecular complexity index is 1400. The summed E-state index contributed by atoms with van der Waals surface area (Å²) in [6, 6.07) is 7.13. The van der Waals surface area contributed by atoms with E-state index in [4.69, 9.17) is 23.7 Å². The molecule has 0 saturated heterocycles. The summed E-state index contributed by atoms with van der Waals surface area (Å²) in [5, 5.41) is 19.8. The minimum atomic E-state index is -1.19. The van der Waals surface area contributed by atoms with Gasteiger partial charge in [-0.2, -0.15) is 5.10 Å². The van der Waals surface area contributed by atoms with Crippen molar-refractivity contribution in [3.05, 3.63) is 56.3 Å². The molecule has 0 unspecified atom stereocenters. The van der Waals surface area contributed by atoms with E-state index in [0.717, 1.165) is 0 Å². The fourth-order valence-corrected chi connectivity index (χ4v) is 4.75. The topological polar surface area (TPSA) is 175 Å². The zero-order valence-electron chi connectivity index (χ0n) is 24.2. The largest absolute Gasteiger partial charge is 0.493 e. The van der Waals surface area contributed by atoms with Crippen molar-refractivity contribution >= 4 is 46.8 Å². The van der Waals surface area contributed by atoms with Gasteiger partial charge < -0.3 is 44.2 Å². The molecule has 0 spiro atoms. The highest BCUT2D eigenvalue weighted by atomic mass is 127. The fraction of sp³-hybridized carbons (Fsp3) is 0.357. The number of ether oxygens (including phenoxy) is 6. The summed E-state index contributed by atoms with van der Waals surface area (Å²) >= 11 is 2.04. The Hall–Kier alpha value is -4.25. The first-order valence-corrected chi connectivity index (χ1v) is 14.0. The standard InChI is InChI=1S/C28H33IN4O10/c1-6-41-20-11-17(25-24(27(36)40-5)15(2)31-28(37)32-25)7-8-19(20)42-13-22(34)33-30-12-16-9-18(29)26(21(10-16)38-3)43-14-23(35)39-4/h7-12,22,25,33-34H,6,13-14H2,1-5H3,(H2,31,32,37)/b30-12-/t22-,25-/m0/s1. The van der Waals surface area contributed by atoms with Gasteiger partial charge >= 0.3 is 18.0 Å². The fourth-order valence-electron chi connectivity index (χ4n) is 3.96. The number of aliphatic hydroxyl groups excluding tert-OH is 1. The molecule has 1 heterocycles. The molecular weight excluding hydrogens is 679 g/mol. The van der Waals surface area contributed by atoms with Crippen LogP contribution in [0.25, 0.3) is 0 Å². The molecule has 2 aromatic rings. The molecule has 0 radical (unpaired) electrons. The number of nitrogens with one attached hydrogen (secondary N) is 3. The lowest BCUT2D eigenvalue weighted by Crippen LogP contribution is -2.45. The van der Waals surface area contributed by atoms with Gasteiger partial charge in [-0.1, -0.05) is 6.07 Å². The number of nitrogens with zero attached hydrogens (tertiary/aromatic N) is 1. The monoisotopic (exact) mass is 712 g/mol. The van der Waals surface area contributed by atoms with Crippen LogP contribution in [0.3, 0.4) is 0 Å². The van der Waals surface area contributed by atoms with Crippen LogP contribution in [0.1, 0.15) is 31.0 Å². The average Bonchev–Trinajstić information content (AvgIpc) is 2.98. The number of esters is 2. The van der Waals surface area contributed by atoms with E-state index in [2.05, 4.69) is 25.9 Å². The van der Waals surface area contributed by atoms with Gasteiger partial charge in [0.25, 0.3) is 0 Å². The zero-order valence-corrected chi connectivity index (χ0v) is 26.3. The number of carbonyl (C=O) groups excluding carboxylic acids is 3. The molecule has 1 aliphatic heterocycles. The number of carbonyl (C=O) groups is 3. The molecule has 0 bridgehead atoms. The maximum absolute atomic E-state index is 12.4. The van der Waals surface area contributed by atoms with Crippen molar-refractivity contribution in [1.82, 2.24) is 16.1 Å². The van der Waals surface area contributed by atoms with Crippen LogP contribution < -0.4 is 35.0 Å². The molecule has 0 saturated carbocycles. The highest BCUT2D eigenvalue weighted by Gasteiger charge is 2.32. The van der Waals surface area contributed by atoms with Crippen LogP contribution in [0, 0.1) is 3.57 Å². The molecule has 0 aromatic heterocycles. The summed E-state index contributed by atoms with van der Waals surface area (Å²) < 4.78 is 32.5. The Labute approximate surface area is 261 Å². The van der Waals surface area contributed by atoms with Crippen molar-refractivity contribution in [2.75, 3.05) is 41.2 Å². The van der Waals surface area contributed by atoms with Crippen molar-refractivity contribution in [1.29, 1.82) is 0 Å². The van der Waals surface area contributed by atoms with Crippen LogP contribution in [-0.4, -0.2) is 76.7 Å². The number of benzene rings is 2. The smallest absolute Gasteiger partial charge is 0.343 e. The van der Waals surface area contributed by atoms with E-state index >= 15 is 0 Å². The summed E-state index contributed by atoms with van der Waals surface area (Å²) in [4.78, 5) is 36.0. The van der Waals surface area contributed by atoms with E-state index in [1.54, 1.807) is 44.2 Å². The number of hydrogen-bond acceptors (Lipinski definition) is 12. The second kappa shape index (κ2) is 15.8. The van der Waals surface area contributed by atoms with Gasteiger partial charge in [0.2, 0.25) is 0 Å². The number of hydrogen-bond donors (Lipinski definition) is 4. The molecule has 0 fully saturated rings. The van der Waals surface area contributed by atoms with Gasteiger partial charge in [-0.25, -0.2) is 14.4 Å². The molecule has 2 amide bonds. The quantitative estimate of drug-likeness (QED) is 0.0745.